The zero-order chi connectivity index (χ0) is 15.5. The summed E-state index contributed by atoms with van der Waals surface area (Å²) < 4.78 is 0. The molecule has 0 heterocycles. The van der Waals surface area contributed by atoms with Crippen molar-refractivity contribution in [1.29, 1.82) is 0 Å². The number of hydrogen-bond donors (Lipinski definition) is 2. The van der Waals surface area contributed by atoms with E-state index in [1.807, 2.05) is 18.2 Å². The van der Waals surface area contributed by atoms with Crippen LogP contribution in [0.25, 0.3) is 0 Å². The predicted octanol–water partition coefficient (Wildman–Crippen LogP) is 2.11. The molecule has 124 valence electrons. The number of carbonyl (C=O) groups excluding carboxylic acids is 1. The molecule has 7 heteroatoms. The normalized spacial score (nSPS) is 10.1. The summed E-state index contributed by atoms with van der Waals surface area (Å²) in [4.78, 5) is 25.0. The highest BCUT2D eigenvalue weighted by Gasteiger charge is 2.07. The molecule has 0 saturated heterocycles. The maximum atomic E-state index is 11.6. The van der Waals surface area contributed by atoms with Crippen molar-refractivity contribution in [3.63, 3.8) is 0 Å². The Hall–Kier alpha value is -1.24. The van der Waals surface area contributed by atoms with Crippen LogP contribution in [0.3, 0.4) is 0 Å². The van der Waals surface area contributed by atoms with E-state index in [-0.39, 0.29) is 31.3 Å². The van der Waals surface area contributed by atoms with E-state index >= 15 is 0 Å². The number of hydrogen-bond acceptors (Lipinski definition) is 4. The van der Waals surface area contributed by atoms with Crippen molar-refractivity contribution in [2.24, 2.45) is 0 Å². The monoisotopic (exact) mass is 346 g/mol. The lowest BCUT2D eigenvalue weighted by molar-refractivity contribution is -0.137. The minimum atomic E-state index is -0.847. The van der Waals surface area contributed by atoms with E-state index in [1.165, 1.54) is 4.90 Å². The predicted molar refractivity (Wildman–Crippen MR) is 91.8 cm³/mol. The van der Waals surface area contributed by atoms with Crippen LogP contribution in [-0.4, -0.2) is 54.3 Å². The number of benzene rings is 1. The second kappa shape index (κ2) is 12.3. The van der Waals surface area contributed by atoms with Crippen molar-refractivity contribution in [3.8, 4) is 0 Å². The van der Waals surface area contributed by atoms with E-state index in [9.17, 15) is 9.59 Å². The van der Waals surface area contributed by atoms with Crippen LogP contribution in [0.1, 0.15) is 12.8 Å². The first-order chi connectivity index (χ1) is 10.1. The van der Waals surface area contributed by atoms with Gasteiger partial charge in [-0.25, -0.2) is 0 Å². The number of nitrogens with one attached hydrogen (secondary N) is 1. The minimum absolute atomic E-state index is 0. The largest absolute Gasteiger partial charge is 0.481 e. The highest BCUT2D eigenvalue weighted by Crippen LogP contribution is 2.17. The summed E-state index contributed by atoms with van der Waals surface area (Å²) in [6.07, 6.45) is 0.960. The average molecular weight is 347 g/mol. The number of carbonyl (C=O) groups is 2. The topological polar surface area (TPSA) is 69.6 Å². The van der Waals surface area contributed by atoms with Gasteiger partial charge in [0.15, 0.2) is 0 Å². The van der Waals surface area contributed by atoms with Crippen LogP contribution in [-0.2, 0) is 9.59 Å². The summed E-state index contributed by atoms with van der Waals surface area (Å²) in [5, 5.41) is 11.4. The van der Waals surface area contributed by atoms with Crippen molar-refractivity contribution < 1.29 is 14.7 Å². The first-order valence-electron chi connectivity index (χ1n) is 6.93. The zero-order valence-electron chi connectivity index (χ0n) is 12.7. The summed E-state index contributed by atoms with van der Waals surface area (Å²) in [7, 11) is 1.74. The number of thioether (sulfide) groups is 1. The summed E-state index contributed by atoms with van der Waals surface area (Å²) in [6.45, 7) is 1.26. The molecule has 2 N–H and O–H groups in total. The molecule has 1 rings (SSSR count). The number of likely N-dealkylation sites (N-methyl/N-ethyl adjacent to an activating group) is 1. The lowest BCUT2D eigenvalue weighted by Crippen LogP contribution is -2.36. The number of aliphatic carboxylic acids is 1. The second-order valence-electron chi connectivity index (χ2n) is 4.75. The first-order valence-corrected chi connectivity index (χ1v) is 7.91. The first kappa shape index (κ1) is 20.8. The van der Waals surface area contributed by atoms with Gasteiger partial charge in [-0.1, -0.05) is 18.2 Å². The van der Waals surface area contributed by atoms with Crippen molar-refractivity contribution in [1.82, 2.24) is 10.2 Å². The van der Waals surface area contributed by atoms with E-state index in [2.05, 4.69) is 17.4 Å². The zero-order valence-corrected chi connectivity index (χ0v) is 14.3. The third-order valence-corrected chi connectivity index (χ3v) is 3.87. The minimum Gasteiger partial charge on any atom is -0.481 e. The van der Waals surface area contributed by atoms with E-state index in [1.54, 1.807) is 23.7 Å². The van der Waals surface area contributed by atoms with Gasteiger partial charge in [0, 0.05) is 18.0 Å². The quantitative estimate of drug-likeness (QED) is 0.501. The molecule has 1 aromatic carbocycles. The summed E-state index contributed by atoms with van der Waals surface area (Å²) in [6, 6.07) is 10.2. The van der Waals surface area contributed by atoms with Crippen LogP contribution in [0, 0.1) is 0 Å². The van der Waals surface area contributed by atoms with Crippen molar-refractivity contribution in [2.75, 3.05) is 32.4 Å². The fourth-order valence-corrected chi connectivity index (χ4v) is 2.55. The molecule has 0 fully saturated rings. The molecule has 1 amide bonds. The highest BCUT2D eigenvalue weighted by atomic mass is 35.5. The lowest BCUT2D eigenvalue weighted by atomic mass is 10.4. The number of nitrogens with zero attached hydrogens (tertiary/aromatic N) is 1. The van der Waals surface area contributed by atoms with Crippen molar-refractivity contribution in [3.05, 3.63) is 30.3 Å². The van der Waals surface area contributed by atoms with Gasteiger partial charge >= 0.3 is 5.97 Å². The van der Waals surface area contributed by atoms with Crippen LogP contribution in [0.5, 0.6) is 0 Å². The molecule has 0 bridgehead atoms. The van der Waals surface area contributed by atoms with Gasteiger partial charge in [0.1, 0.15) is 0 Å². The Bertz CT molecular complexity index is 446. The van der Waals surface area contributed by atoms with Crippen LogP contribution in [0.15, 0.2) is 35.2 Å². The Kier molecular flexibility index (Phi) is 11.6. The van der Waals surface area contributed by atoms with Crippen LogP contribution >= 0.6 is 24.2 Å². The Morgan fingerprint density at radius 1 is 1.27 bits per heavy atom. The Balaban J connectivity index is 0.00000441. The molecule has 5 nitrogen and oxygen atoms in total. The highest BCUT2D eigenvalue weighted by molar-refractivity contribution is 7.99. The Labute approximate surface area is 141 Å². The molecule has 0 spiro atoms. The van der Waals surface area contributed by atoms with Crippen molar-refractivity contribution >= 4 is 36.0 Å². The van der Waals surface area contributed by atoms with Gasteiger partial charge in [-0.3, -0.25) is 14.5 Å². The SMILES string of the molecule is CN(CCC(=O)O)CC(=O)NCCCSc1ccccc1.Cl. The number of carboxylic acids is 1. The van der Waals surface area contributed by atoms with E-state index in [0.29, 0.717) is 13.1 Å². The van der Waals surface area contributed by atoms with E-state index < -0.39 is 5.97 Å². The number of halogens is 1. The van der Waals surface area contributed by atoms with E-state index in [0.717, 1.165) is 12.2 Å². The number of rotatable bonds is 10. The van der Waals surface area contributed by atoms with Gasteiger partial charge in [0.25, 0.3) is 0 Å². The van der Waals surface area contributed by atoms with E-state index in [4.69, 9.17) is 5.11 Å². The second-order valence-corrected chi connectivity index (χ2v) is 5.91. The molecule has 0 aliphatic rings. The van der Waals surface area contributed by atoms with Gasteiger partial charge in [-0.05, 0) is 31.4 Å². The maximum Gasteiger partial charge on any atom is 0.304 e. The van der Waals surface area contributed by atoms with Gasteiger partial charge in [-0.2, -0.15) is 0 Å². The maximum absolute atomic E-state index is 11.6. The fraction of sp³-hybridized carbons (Fsp3) is 0.467. The molecule has 0 radical (unpaired) electrons. The average Bonchev–Trinajstić information content (AvgIpc) is 2.46. The molecule has 0 aromatic heterocycles. The molecular formula is C15H23ClN2O3S. The molecule has 0 unspecified atom stereocenters. The van der Waals surface area contributed by atoms with Crippen LogP contribution in [0.4, 0.5) is 0 Å². The Morgan fingerprint density at radius 3 is 2.59 bits per heavy atom. The number of amides is 1. The molecule has 0 aliphatic carbocycles. The summed E-state index contributed by atoms with van der Waals surface area (Å²) in [5.41, 5.74) is 0. The summed E-state index contributed by atoms with van der Waals surface area (Å²) >= 11 is 1.77. The van der Waals surface area contributed by atoms with Crippen molar-refractivity contribution in [2.45, 2.75) is 17.7 Å². The standard InChI is InChI=1S/C15H22N2O3S.ClH/c1-17(10-8-15(19)20)12-14(18)16-9-5-11-21-13-6-3-2-4-7-13;/h2-4,6-7H,5,8-12H2,1H3,(H,16,18)(H,19,20);1H. The molecule has 0 aliphatic heterocycles. The molecule has 0 saturated carbocycles. The summed E-state index contributed by atoms with van der Waals surface area (Å²) in [5.74, 6) is 0.0480. The smallest absolute Gasteiger partial charge is 0.304 e. The van der Waals surface area contributed by atoms with Crippen LogP contribution in [0.2, 0.25) is 0 Å². The van der Waals surface area contributed by atoms with Crippen LogP contribution < -0.4 is 5.32 Å². The fourth-order valence-electron chi connectivity index (χ4n) is 1.67. The van der Waals surface area contributed by atoms with Gasteiger partial charge in [0.05, 0.1) is 13.0 Å². The third-order valence-electron chi connectivity index (χ3n) is 2.78. The van der Waals surface area contributed by atoms with Gasteiger partial charge < -0.3 is 10.4 Å². The molecule has 1 aromatic rings. The Morgan fingerprint density at radius 2 is 1.95 bits per heavy atom. The molecule has 0 atom stereocenters. The van der Waals surface area contributed by atoms with Gasteiger partial charge in [0.2, 0.25) is 5.91 Å². The third kappa shape index (κ3) is 10.5. The molecular weight excluding hydrogens is 324 g/mol. The van der Waals surface area contributed by atoms with Gasteiger partial charge in [-0.15, -0.1) is 24.2 Å². The number of carboxylic acid groups (broad SMARTS) is 1. The lowest BCUT2D eigenvalue weighted by Gasteiger charge is -2.14. The molecule has 22 heavy (non-hydrogen) atoms.